The molecule has 0 heterocycles. The van der Waals surface area contributed by atoms with Gasteiger partial charge < -0.3 is 19.7 Å². The zero-order chi connectivity index (χ0) is 25.1. The summed E-state index contributed by atoms with van der Waals surface area (Å²) in [6.45, 7) is 11.5. The first-order chi connectivity index (χ1) is 15.8. The Labute approximate surface area is 205 Å². The Morgan fingerprint density at radius 1 is 1.03 bits per heavy atom. The van der Waals surface area contributed by atoms with E-state index in [0.29, 0.717) is 5.92 Å². The lowest BCUT2D eigenvalue weighted by Gasteiger charge is -2.64. The summed E-state index contributed by atoms with van der Waals surface area (Å²) in [6, 6.07) is 0. The molecule has 0 radical (unpaired) electrons. The van der Waals surface area contributed by atoms with E-state index in [4.69, 9.17) is 9.47 Å². The van der Waals surface area contributed by atoms with Crippen LogP contribution in [0.3, 0.4) is 0 Å². The van der Waals surface area contributed by atoms with Gasteiger partial charge in [0.1, 0.15) is 12.2 Å². The van der Waals surface area contributed by atoms with E-state index < -0.39 is 11.0 Å². The summed E-state index contributed by atoms with van der Waals surface area (Å²) < 4.78 is 11.5. The normalized spacial score (nSPS) is 44.9. The highest BCUT2D eigenvalue weighted by Crippen LogP contribution is 2.69. The molecule has 4 saturated carbocycles. The minimum Gasteiger partial charge on any atom is -0.463 e. The van der Waals surface area contributed by atoms with Gasteiger partial charge in [-0.2, -0.15) is 0 Å². The molecule has 0 saturated heterocycles. The third kappa shape index (κ3) is 3.91. The molecule has 0 amide bonds. The summed E-state index contributed by atoms with van der Waals surface area (Å²) in [5.41, 5.74) is -1.84. The summed E-state index contributed by atoms with van der Waals surface area (Å²) in [5.74, 6) is 0.475. The van der Waals surface area contributed by atoms with E-state index in [1.165, 1.54) is 6.92 Å². The predicted molar refractivity (Wildman–Crippen MR) is 129 cm³/mol. The summed E-state index contributed by atoms with van der Waals surface area (Å²) >= 11 is 0. The molecule has 0 spiro atoms. The Morgan fingerprint density at radius 2 is 1.74 bits per heavy atom. The predicted octanol–water partition coefficient (Wildman–Crippen LogP) is 4.64. The van der Waals surface area contributed by atoms with Crippen LogP contribution in [0.15, 0.2) is 0 Å². The van der Waals surface area contributed by atoms with Crippen molar-refractivity contribution in [1.29, 1.82) is 0 Å². The lowest BCUT2D eigenvalue weighted by molar-refractivity contribution is -0.228. The van der Waals surface area contributed by atoms with Gasteiger partial charge in [-0.15, -0.1) is 0 Å². The van der Waals surface area contributed by atoms with Crippen LogP contribution in [-0.4, -0.2) is 46.6 Å². The van der Waals surface area contributed by atoms with Gasteiger partial charge in [0, 0.05) is 24.9 Å². The van der Waals surface area contributed by atoms with Gasteiger partial charge >= 0.3 is 11.9 Å². The minimum absolute atomic E-state index is 0.0510. The first-order valence-corrected chi connectivity index (χ1v) is 13.5. The molecule has 6 nitrogen and oxygen atoms in total. The second kappa shape index (κ2) is 8.76. The molecule has 4 fully saturated rings. The van der Waals surface area contributed by atoms with Crippen LogP contribution in [0.1, 0.15) is 99.3 Å². The molecule has 0 aromatic heterocycles. The molecule has 0 aromatic rings. The maximum absolute atomic E-state index is 12.6. The average Bonchev–Trinajstić information content (AvgIpc) is 3.03. The Kier molecular flexibility index (Phi) is 6.68. The fraction of sp³-hybridized carbons (Fsp3) is 0.929. The van der Waals surface area contributed by atoms with Crippen molar-refractivity contribution < 1.29 is 29.3 Å². The van der Waals surface area contributed by atoms with Crippen molar-refractivity contribution in [2.45, 2.75) is 117 Å². The van der Waals surface area contributed by atoms with Crippen LogP contribution in [0.25, 0.3) is 0 Å². The Balaban J connectivity index is 1.55. The zero-order valence-electron chi connectivity index (χ0n) is 22.1. The van der Waals surface area contributed by atoms with Crippen molar-refractivity contribution in [2.24, 2.45) is 39.9 Å². The smallest absolute Gasteiger partial charge is 0.311 e. The maximum atomic E-state index is 12.6. The number of ether oxygens (including phenoxy) is 2. The fourth-order valence-electron chi connectivity index (χ4n) is 8.85. The topological polar surface area (TPSA) is 93.1 Å². The molecule has 9 atom stereocenters. The van der Waals surface area contributed by atoms with Crippen LogP contribution < -0.4 is 0 Å². The number of hydrogen-bond acceptors (Lipinski definition) is 6. The molecule has 6 heteroatoms. The second-order valence-electron chi connectivity index (χ2n) is 13.3. The van der Waals surface area contributed by atoms with Crippen LogP contribution in [0.4, 0.5) is 0 Å². The van der Waals surface area contributed by atoms with Crippen molar-refractivity contribution in [3.05, 3.63) is 0 Å². The van der Waals surface area contributed by atoms with Crippen LogP contribution in [0.2, 0.25) is 0 Å². The van der Waals surface area contributed by atoms with Gasteiger partial charge in [0.05, 0.1) is 11.0 Å². The second-order valence-corrected chi connectivity index (χ2v) is 13.3. The van der Waals surface area contributed by atoms with Crippen molar-refractivity contribution in [1.82, 2.24) is 0 Å². The number of carbonyl (C=O) groups is 2. The van der Waals surface area contributed by atoms with Crippen LogP contribution in [0.5, 0.6) is 0 Å². The Morgan fingerprint density at radius 3 is 2.35 bits per heavy atom. The third-order valence-electron chi connectivity index (χ3n) is 10.7. The zero-order valence-corrected chi connectivity index (χ0v) is 22.1. The van der Waals surface area contributed by atoms with E-state index in [0.717, 1.165) is 57.8 Å². The van der Waals surface area contributed by atoms with Gasteiger partial charge in [0.15, 0.2) is 0 Å². The number of fused-ring (bicyclic) bond motifs is 5. The number of esters is 2. The standard InChI is InChI=1S/C28H46O6/c1-17(33-24(31)25(3,4)5)21-11-14-28(32)23-8-7-19-15-20(34-18(2)30)9-13-27(19,16-29)22(23)10-12-26(21,28)6/h17,19-23,29,32H,7-16H2,1-6H3/t17-,19-,20-,21+,22-,23+,26+,27+,28-/m0/s1. The van der Waals surface area contributed by atoms with Crippen molar-refractivity contribution in [3.63, 3.8) is 0 Å². The Hall–Kier alpha value is -1.14. The highest BCUT2D eigenvalue weighted by Gasteiger charge is 2.68. The van der Waals surface area contributed by atoms with Gasteiger partial charge in [-0.3, -0.25) is 9.59 Å². The first-order valence-electron chi connectivity index (χ1n) is 13.5. The van der Waals surface area contributed by atoms with Crippen molar-refractivity contribution >= 4 is 11.9 Å². The van der Waals surface area contributed by atoms with Gasteiger partial charge in [-0.05, 0) is 109 Å². The lowest BCUT2D eigenvalue weighted by Crippen LogP contribution is -2.64. The van der Waals surface area contributed by atoms with Crippen LogP contribution >= 0.6 is 0 Å². The molecule has 0 bridgehead atoms. The van der Waals surface area contributed by atoms with E-state index in [1.807, 2.05) is 27.7 Å². The van der Waals surface area contributed by atoms with E-state index in [2.05, 4.69) is 6.92 Å². The van der Waals surface area contributed by atoms with E-state index in [9.17, 15) is 19.8 Å². The highest BCUT2D eigenvalue weighted by molar-refractivity contribution is 5.75. The number of hydrogen-bond donors (Lipinski definition) is 2. The highest BCUT2D eigenvalue weighted by atomic mass is 16.5. The third-order valence-corrected chi connectivity index (χ3v) is 10.7. The van der Waals surface area contributed by atoms with Gasteiger partial charge in [0.25, 0.3) is 0 Å². The number of aliphatic hydroxyl groups is 2. The average molecular weight is 479 g/mol. The minimum atomic E-state index is -0.803. The number of rotatable bonds is 4. The number of carbonyl (C=O) groups excluding carboxylic acids is 2. The molecule has 194 valence electrons. The first kappa shape index (κ1) is 25.9. The van der Waals surface area contributed by atoms with Gasteiger partial charge in [0.2, 0.25) is 0 Å². The maximum Gasteiger partial charge on any atom is 0.311 e. The molecule has 4 aliphatic rings. The van der Waals surface area contributed by atoms with Crippen LogP contribution in [0, 0.1) is 39.9 Å². The summed E-state index contributed by atoms with van der Waals surface area (Å²) in [7, 11) is 0. The molecule has 0 aromatic carbocycles. The van der Waals surface area contributed by atoms with Crippen LogP contribution in [-0.2, 0) is 19.1 Å². The fourth-order valence-corrected chi connectivity index (χ4v) is 8.85. The Bertz CT molecular complexity index is 803. The number of aliphatic hydroxyl groups excluding tert-OH is 1. The summed E-state index contributed by atoms with van der Waals surface area (Å²) in [5, 5.41) is 23.1. The van der Waals surface area contributed by atoms with Gasteiger partial charge in [-0.1, -0.05) is 6.92 Å². The van der Waals surface area contributed by atoms with Gasteiger partial charge in [-0.25, -0.2) is 0 Å². The summed E-state index contributed by atoms with van der Waals surface area (Å²) in [6.07, 6.45) is 7.53. The monoisotopic (exact) mass is 478 g/mol. The van der Waals surface area contributed by atoms with E-state index >= 15 is 0 Å². The molecule has 4 rings (SSSR count). The van der Waals surface area contributed by atoms with E-state index in [1.54, 1.807) is 0 Å². The molecular formula is C28H46O6. The molecule has 0 unspecified atom stereocenters. The van der Waals surface area contributed by atoms with Crippen molar-refractivity contribution in [3.8, 4) is 0 Å². The lowest BCUT2D eigenvalue weighted by atomic mass is 9.43. The largest absolute Gasteiger partial charge is 0.463 e. The molecule has 34 heavy (non-hydrogen) atoms. The molecule has 0 aliphatic heterocycles. The molecular weight excluding hydrogens is 432 g/mol. The SMILES string of the molecule is CC(=O)O[C@H]1CC[C@@]2(CO)[C@@H](CC[C@@H]3[C@@H]2CC[C@]2(C)[C@@H]([C@H](C)OC(=O)C(C)(C)C)CC[C@]32O)C1. The van der Waals surface area contributed by atoms with Crippen molar-refractivity contribution in [2.75, 3.05) is 6.61 Å². The molecule has 4 aliphatic carbocycles. The van der Waals surface area contributed by atoms with E-state index in [-0.39, 0.29) is 59.3 Å². The summed E-state index contributed by atoms with van der Waals surface area (Å²) in [4.78, 5) is 24.1. The molecule has 2 N–H and O–H groups in total. The quantitative estimate of drug-likeness (QED) is 0.572.